The lowest BCUT2D eigenvalue weighted by molar-refractivity contribution is -0.160. The van der Waals surface area contributed by atoms with Crippen molar-refractivity contribution in [1.82, 2.24) is 4.90 Å². The van der Waals surface area contributed by atoms with Crippen molar-refractivity contribution in [3.8, 4) is 0 Å². The van der Waals surface area contributed by atoms with Gasteiger partial charge in [0.25, 0.3) is 0 Å². The Balaban J connectivity index is 4.12. The third kappa shape index (κ3) is 4.75. The van der Waals surface area contributed by atoms with E-state index in [1.54, 1.807) is 13.8 Å². The van der Waals surface area contributed by atoms with Crippen molar-refractivity contribution < 1.29 is 18.0 Å². The summed E-state index contributed by atoms with van der Waals surface area (Å²) in [6.45, 7) is 2.22. The van der Waals surface area contributed by atoms with Crippen molar-refractivity contribution >= 4 is 5.91 Å². The second-order valence-corrected chi connectivity index (χ2v) is 3.12. The van der Waals surface area contributed by atoms with Crippen molar-refractivity contribution in [2.45, 2.75) is 26.4 Å². The van der Waals surface area contributed by atoms with Crippen LogP contribution in [0.3, 0.4) is 0 Å². The first-order chi connectivity index (χ1) is 5.78. The minimum atomic E-state index is -4.31. The summed E-state index contributed by atoms with van der Waals surface area (Å²) in [4.78, 5) is 11.9. The van der Waals surface area contributed by atoms with Crippen LogP contribution in [0.15, 0.2) is 0 Å². The lowest BCUT2D eigenvalue weighted by Gasteiger charge is -2.21. The van der Waals surface area contributed by atoms with E-state index >= 15 is 0 Å². The van der Waals surface area contributed by atoms with Gasteiger partial charge < -0.3 is 4.90 Å². The van der Waals surface area contributed by atoms with Gasteiger partial charge in [-0.25, -0.2) is 0 Å². The minimum Gasteiger partial charge on any atom is -0.336 e. The molecule has 5 heteroatoms. The molecule has 1 unspecified atom stereocenters. The molecule has 1 atom stereocenters. The molecule has 0 N–H and O–H groups in total. The molecule has 0 spiro atoms. The monoisotopic (exact) mass is 197 g/mol. The Kier molecular flexibility index (Phi) is 4.23. The first kappa shape index (κ1) is 12.3. The number of halogens is 3. The minimum absolute atomic E-state index is 0.340. The van der Waals surface area contributed by atoms with Crippen LogP contribution >= 0.6 is 0 Å². The predicted octanol–water partition coefficient (Wildman–Crippen LogP) is 2.05. The number of hydrogen-bond donors (Lipinski definition) is 0. The smallest absolute Gasteiger partial charge is 0.336 e. The molecule has 0 radical (unpaired) electrons. The fourth-order valence-electron chi connectivity index (χ4n) is 0.898. The maximum absolute atomic E-state index is 11.8. The normalized spacial score (nSPS) is 14.0. The molecule has 0 saturated carbocycles. The Labute approximate surface area is 75.7 Å². The summed E-state index contributed by atoms with van der Waals surface area (Å²) in [7, 11) is 1.17. The first-order valence-corrected chi connectivity index (χ1v) is 4.09. The van der Waals surface area contributed by atoms with E-state index < -0.39 is 18.6 Å². The molecule has 1 amide bonds. The standard InChI is InChI=1S/C8H14F3NO/c1-4-6(2)7(13)12(3)5-8(9,10)11/h6H,4-5H2,1-3H3. The van der Waals surface area contributed by atoms with Crippen LogP contribution < -0.4 is 0 Å². The van der Waals surface area contributed by atoms with Gasteiger partial charge in [-0.05, 0) is 6.42 Å². The van der Waals surface area contributed by atoms with E-state index in [4.69, 9.17) is 0 Å². The first-order valence-electron chi connectivity index (χ1n) is 4.09. The zero-order chi connectivity index (χ0) is 10.6. The summed E-state index contributed by atoms with van der Waals surface area (Å²) in [5.41, 5.74) is 0. The highest BCUT2D eigenvalue weighted by atomic mass is 19.4. The van der Waals surface area contributed by atoms with E-state index in [-0.39, 0.29) is 5.92 Å². The summed E-state index contributed by atoms with van der Waals surface area (Å²) in [6, 6.07) is 0. The topological polar surface area (TPSA) is 20.3 Å². The van der Waals surface area contributed by atoms with E-state index in [9.17, 15) is 18.0 Å². The molecule has 0 heterocycles. The second kappa shape index (κ2) is 4.48. The summed E-state index contributed by atoms with van der Waals surface area (Å²) in [6.07, 6.45) is -3.75. The van der Waals surface area contributed by atoms with Crippen LogP contribution in [0.2, 0.25) is 0 Å². The van der Waals surface area contributed by atoms with Gasteiger partial charge in [-0.2, -0.15) is 13.2 Å². The molecule has 2 nitrogen and oxygen atoms in total. The van der Waals surface area contributed by atoms with Crippen LogP contribution in [-0.2, 0) is 4.79 Å². The van der Waals surface area contributed by atoms with Crippen molar-refractivity contribution in [2.75, 3.05) is 13.6 Å². The Hall–Kier alpha value is -0.740. The van der Waals surface area contributed by atoms with Gasteiger partial charge in [0, 0.05) is 13.0 Å². The fraction of sp³-hybridized carbons (Fsp3) is 0.875. The van der Waals surface area contributed by atoms with Gasteiger partial charge in [-0.15, -0.1) is 0 Å². The van der Waals surface area contributed by atoms with E-state index in [0.29, 0.717) is 11.3 Å². The van der Waals surface area contributed by atoms with Crippen molar-refractivity contribution in [3.63, 3.8) is 0 Å². The molecule has 0 aromatic carbocycles. The average molecular weight is 197 g/mol. The van der Waals surface area contributed by atoms with E-state index in [1.165, 1.54) is 7.05 Å². The zero-order valence-electron chi connectivity index (χ0n) is 7.98. The van der Waals surface area contributed by atoms with Gasteiger partial charge in [-0.3, -0.25) is 4.79 Å². The molecule has 0 saturated heterocycles. The van der Waals surface area contributed by atoms with Gasteiger partial charge in [0.2, 0.25) is 5.91 Å². The summed E-state index contributed by atoms with van der Waals surface area (Å²) < 4.78 is 35.5. The molecule has 0 rings (SSSR count). The van der Waals surface area contributed by atoms with Gasteiger partial charge in [-0.1, -0.05) is 13.8 Å². The number of amides is 1. The molecule has 0 aliphatic rings. The maximum atomic E-state index is 11.8. The molecular formula is C8H14F3NO. The van der Waals surface area contributed by atoms with Crippen molar-refractivity contribution in [2.24, 2.45) is 5.92 Å². The highest BCUT2D eigenvalue weighted by Crippen LogP contribution is 2.17. The predicted molar refractivity (Wildman–Crippen MR) is 43.1 cm³/mol. The molecule has 0 bridgehead atoms. The number of alkyl halides is 3. The van der Waals surface area contributed by atoms with Crippen LogP contribution in [0.25, 0.3) is 0 Å². The number of carbonyl (C=O) groups excluding carboxylic acids is 1. The third-order valence-electron chi connectivity index (χ3n) is 1.83. The lowest BCUT2D eigenvalue weighted by atomic mass is 10.1. The van der Waals surface area contributed by atoms with Crippen molar-refractivity contribution in [3.05, 3.63) is 0 Å². The molecule has 78 valence electrons. The van der Waals surface area contributed by atoms with E-state index in [2.05, 4.69) is 0 Å². The molecule has 0 fully saturated rings. The second-order valence-electron chi connectivity index (χ2n) is 3.12. The highest BCUT2D eigenvalue weighted by Gasteiger charge is 2.32. The van der Waals surface area contributed by atoms with Gasteiger partial charge >= 0.3 is 6.18 Å². The van der Waals surface area contributed by atoms with Crippen LogP contribution in [0.5, 0.6) is 0 Å². The average Bonchev–Trinajstić information content (AvgIpc) is 1.98. The van der Waals surface area contributed by atoms with Crippen LogP contribution in [-0.4, -0.2) is 30.6 Å². The Morgan fingerprint density at radius 2 is 1.92 bits per heavy atom. The summed E-state index contributed by atoms with van der Waals surface area (Å²) in [5, 5.41) is 0. The van der Waals surface area contributed by atoms with E-state index in [1.807, 2.05) is 0 Å². The van der Waals surface area contributed by atoms with Gasteiger partial charge in [0.05, 0.1) is 0 Å². The Bertz CT molecular complexity index is 179. The highest BCUT2D eigenvalue weighted by molar-refractivity contribution is 5.78. The van der Waals surface area contributed by atoms with E-state index in [0.717, 1.165) is 0 Å². The molecule has 0 aliphatic heterocycles. The molecule has 13 heavy (non-hydrogen) atoms. The largest absolute Gasteiger partial charge is 0.406 e. The fourth-order valence-corrected chi connectivity index (χ4v) is 0.898. The molecule has 0 aliphatic carbocycles. The van der Waals surface area contributed by atoms with Crippen LogP contribution in [0, 0.1) is 5.92 Å². The van der Waals surface area contributed by atoms with Crippen molar-refractivity contribution in [1.29, 1.82) is 0 Å². The maximum Gasteiger partial charge on any atom is 0.406 e. The third-order valence-corrected chi connectivity index (χ3v) is 1.83. The zero-order valence-corrected chi connectivity index (χ0v) is 7.98. The summed E-state index contributed by atoms with van der Waals surface area (Å²) in [5.74, 6) is -0.799. The number of carbonyl (C=O) groups is 1. The SMILES string of the molecule is CCC(C)C(=O)N(C)CC(F)(F)F. The quantitative estimate of drug-likeness (QED) is 0.678. The molecule has 0 aromatic heterocycles. The lowest BCUT2D eigenvalue weighted by Crippen LogP contribution is -2.38. The summed E-state index contributed by atoms with van der Waals surface area (Å²) >= 11 is 0. The van der Waals surface area contributed by atoms with Crippen LogP contribution in [0.4, 0.5) is 13.2 Å². The number of nitrogens with zero attached hydrogens (tertiary/aromatic N) is 1. The van der Waals surface area contributed by atoms with Crippen LogP contribution in [0.1, 0.15) is 20.3 Å². The van der Waals surface area contributed by atoms with Gasteiger partial charge in [0.15, 0.2) is 0 Å². The number of hydrogen-bond acceptors (Lipinski definition) is 1. The molecule has 0 aromatic rings. The Morgan fingerprint density at radius 3 is 2.23 bits per heavy atom. The Morgan fingerprint density at radius 1 is 1.46 bits per heavy atom. The van der Waals surface area contributed by atoms with Gasteiger partial charge in [0.1, 0.15) is 6.54 Å². The number of rotatable bonds is 3. The molecular weight excluding hydrogens is 183 g/mol.